The van der Waals surface area contributed by atoms with Crippen molar-refractivity contribution in [2.24, 2.45) is 0 Å². The van der Waals surface area contributed by atoms with Crippen molar-refractivity contribution in [2.45, 2.75) is 12.5 Å². The van der Waals surface area contributed by atoms with Gasteiger partial charge >= 0.3 is 0 Å². The summed E-state index contributed by atoms with van der Waals surface area (Å²) in [6, 6.07) is 5.86. The number of benzene rings is 1. The van der Waals surface area contributed by atoms with Gasteiger partial charge in [0.05, 0.1) is 12.7 Å². The third-order valence-electron chi connectivity index (χ3n) is 1.87. The van der Waals surface area contributed by atoms with E-state index in [1.54, 1.807) is 0 Å². The van der Waals surface area contributed by atoms with Gasteiger partial charge in [-0.2, -0.15) is 0 Å². The van der Waals surface area contributed by atoms with E-state index in [9.17, 15) is 0 Å². The Hall–Kier alpha value is -0.0500. The van der Waals surface area contributed by atoms with Gasteiger partial charge in [0.2, 0.25) is 0 Å². The van der Waals surface area contributed by atoms with Crippen LogP contribution in [-0.2, 0) is 11.2 Å². The van der Waals surface area contributed by atoms with Crippen LogP contribution < -0.4 is 0 Å². The lowest BCUT2D eigenvalue weighted by Gasteiger charge is -2.01. The summed E-state index contributed by atoms with van der Waals surface area (Å²) in [5.41, 5.74) is 1.27. The first-order valence-electron chi connectivity index (χ1n) is 3.81. The molecule has 2 rings (SSSR count). The normalized spacial score (nSPS) is 21.0. The van der Waals surface area contributed by atoms with Crippen LogP contribution in [0.15, 0.2) is 22.7 Å². The lowest BCUT2D eigenvalue weighted by molar-refractivity contribution is 0.407. The lowest BCUT2D eigenvalue weighted by atomic mass is 10.1. The molecular weight excluding hydrogens is 239 g/mol. The van der Waals surface area contributed by atoms with E-state index in [1.807, 2.05) is 18.2 Å². The summed E-state index contributed by atoms with van der Waals surface area (Å²) in [6.45, 7) is 0.898. The van der Waals surface area contributed by atoms with E-state index < -0.39 is 0 Å². The lowest BCUT2D eigenvalue weighted by Crippen LogP contribution is -1.93. The van der Waals surface area contributed by atoms with Gasteiger partial charge in [-0.25, -0.2) is 0 Å². The Morgan fingerprint density at radius 1 is 1.58 bits per heavy atom. The molecule has 1 fully saturated rings. The third kappa shape index (κ3) is 2.00. The fraction of sp³-hybridized carbons (Fsp3) is 0.333. The van der Waals surface area contributed by atoms with E-state index in [-0.39, 0.29) is 0 Å². The minimum Gasteiger partial charge on any atom is -0.373 e. The molecule has 0 aliphatic carbocycles. The molecule has 1 aromatic carbocycles. The monoisotopic (exact) mass is 246 g/mol. The van der Waals surface area contributed by atoms with Gasteiger partial charge in [0.25, 0.3) is 0 Å². The molecule has 0 N–H and O–H groups in total. The van der Waals surface area contributed by atoms with Gasteiger partial charge in [-0.3, -0.25) is 0 Å². The van der Waals surface area contributed by atoms with Crippen molar-refractivity contribution in [2.75, 3.05) is 6.61 Å². The highest BCUT2D eigenvalue weighted by molar-refractivity contribution is 9.10. The molecule has 0 bridgehead atoms. The maximum Gasteiger partial charge on any atom is 0.0850 e. The van der Waals surface area contributed by atoms with Gasteiger partial charge in [-0.15, -0.1) is 0 Å². The Morgan fingerprint density at radius 3 is 2.92 bits per heavy atom. The smallest absolute Gasteiger partial charge is 0.0850 e. The van der Waals surface area contributed by atoms with Gasteiger partial charge in [-0.1, -0.05) is 33.6 Å². The second-order valence-corrected chi connectivity index (χ2v) is 4.19. The average molecular weight is 248 g/mol. The van der Waals surface area contributed by atoms with Crippen LogP contribution in [0.3, 0.4) is 0 Å². The summed E-state index contributed by atoms with van der Waals surface area (Å²) in [6.07, 6.45) is 1.42. The van der Waals surface area contributed by atoms with E-state index >= 15 is 0 Å². The molecule has 0 amide bonds. The number of ether oxygens (including phenoxy) is 1. The van der Waals surface area contributed by atoms with Crippen molar-refractivity contribution in [1.29, 1.82) is 0 Å². The molecule has 1 nitrogen and oxygen atoms in total. The van der Waals surface area contributed by atoms with Gasteiger partial charge in [0.15, 0.2) is 0 Å². The largest absolute Gasteiger partial charge is 0.373 e. The minimum absolute atomic E-state index is 0.433. The summed E-state index contributed by atoms with van der Waals surface area (Å²) < 4.78 is 6.22. The van der Waals surface area contributed by atoms with Crippen molar-refractivity contribution in [3.8, 4) is 0 Å². The predicted molar refractivity (Wildman–Crippen MR) is 52.6 cm³/mol. The van der Waals surface area contributed by atoms with Crippen molar-refractivity contribution < 1.29 is 4.74 Å². The Labute approximate surface area is 84.8 Å². The number of halogens is 2. The van der Waals surface area contributed by atoms with Gasteiger partial charge in [0.1, 0.15) is 0 Å². The van der Waals surface area contributed by atoms with E-state index in [2.05, 4.69) is 15.9 Å². The van der Waals surface area contributed by atoms with Crippen molar-refractivity contribution >= 4 is 27.5 Å². The van der Waals surface area contributed by atoms with Gasteiger partial charge < -0.3 is 4.74 Å². The molecule has 0 spiro atoms. The third-order valence-corrected chi connectivity index (χ3v) is 2.84. The Kier molecular flexibility index (Phi) is 2.40. The van der Waals surface area contributed by atoms with Crippen LogP contribution in [0, 0.1) is 0 Å². The Balaban J connectivity index is 2.18. The molecule has 64 valence electrons. The average Bonchev–Trinajstić information content (AvgIpc) is 2.79. The second-order valence-electron chi connectivity index (χ2n) is 2.90. The Morgan fingerprint density at radius 2 is 2.33 bits per heavy atom. The van der Waals surface area contributed by atoms with Crippen LogP contribution in [0.4, 0.5) is 0 Å². The maximum atomic E-state index is 5.81. The van der Waals surface area contributed by atoms with Crippen LogP contribution in [0.5, 0.6) is 0 Å². The molecule has 3 heteroatoms. The molecular formula is C9H8BrClO. The van der Waals surface area contributed by atoms with Crippen molar-refractivity contribution in [3.05, 3.63) is 33.3 Å². The molecule has 0 radical (unpaired) electrons. The highest BCUT2D eigenvalue weighted by Gasteiger charge is 2.23. The highest BCUT2D eigenvalue weighted by Crippen LogP contribution is 2.25. The highest BCUT2D eigenvalue weighted by atomic mass is 79.9. The number of epoxide rings is 1. The summed E-state index contributed by atoms with van der Waals surface area (Å²) >= 11 is 9.27. The topological polar surface area (TPSA) is 12.5 Å². The standard InChI is InChI=1S/C9H8BrClO/c10-9-4-7(11)2-1-6(9)3-8-5-12-8/h1-2,4,8H,3,5H2. The van der Waals surface area contributed by atoms with Crippen molar-refractivity contribution in [3.63, 3.8) is 0 Å². The van der Waals surface area contributed by atoms with Crippen LogP contribution in [0.25, 0.3) is 0 Å². The van der Waals surface area contributed by atoms with Crippen LogP contribution >= 0.6 is 27.5 Å². The fourth-order valence-corrected chi connectivity index (χ4v) is 1.96. The summed E-state index contributed by atoms with van der Waals surface area (Å²) in [5.74, 6) is 0. The molecule has 1 saturated heterocycles. The van der Waals surface area contributed by atoms with Crippen molar-refractivity contribution in [1.82, 2.24) is 0 Å². The van der Waals surface area contributed by atoms with Gasteiger partial charge in [0, 0.05) is 15.9 Å². The Bertz CT molecular complexity index is 297. The van der Waals surface area contributed by atoms with Crippen LogP contribution in [0.2, 0.25) is 5.02 Å². The fourth-order valence-electron chi connectivity index (χ4n) is 1.12. The first-order valence-corrected chi connectivity index (χ1v) is 4.98. The molecule has 1 atom stereocenters. The molecule has 1 aliphatic heterocycles. The van der Waals surface area contributed by atoms with Crippen LogP contribution in [0.1, 0.15) is 5.56 Å². The predicted octanol–water partition coefficient (Wildman–Crippen LogP) is 3.04. The zero-order valence-corrected chi connectivity index (χ0v) is 8.73. The van der Waals surface area contributed by atoms with E-state index in [0.29, 0.717) is 6.10 Å². The first-order chi connectivity index (χ1) is 5.75. The molecule has 1 unspecified atom stereocenters. The quantitative estimate of drug-likeness (QED) is 0.732. The SMILES string of the molecule is Clc1ccc(CC2CO2)c(Br)c1. The molecule has 1 aliphatic rings. The molecule has 0 aromatic heterocycles. The molecule has 12 heavy (non-hydrogen) atoms. The maximum absolute atomic E-state index is 5.81. The van der Waals surface area contributed by atoms with E-state index in [4.69, 9.17) is 16.3 Å². The summed E-state index contributed by atoms with van der Waals surface area (Å²) in [7, 11) is 0. The molecule has 0 saturated carbocycles. The number of hydrogen-bond acceptors (Lipinski definition) is 1. The van der Waals surface area contributed by atoms with Gasteiger partial charge in [-0.05, 0) is 17.7 Å². The number of rotatable bonds is 2. The minimum atomic E-state index is 0.433. The number of hydrogen-bond donors (Lipinski definition) is 0. The second kappa shape index (κ2) is 3.36. The zero-order chi connectivity index (χ0) is 8.55. The molecule has 1 heterocycles. The molecule has 1 aromatic rings. The van der Waals surface area contributed by atoms with Crippen LogP contribution in [-0.4, -0.2) is 12.7 Å². The summed E-state index contributed by atoms with van der Waals surface area (Å²) in [4.78, 5) is 0. The van der Waals surface area contributed by atoms with E-state index in [0.717, 1.165) is 22.5 Å². The zero-order valence-electron chi connectivity index (χ0n) is 6.39. The first kappa shape index (κ1) is 8.54. The van der Waals surface area contributed by atoms with E-state index in [1.165, 1.54) is 5.56 Å². The summed E-state index contributed by atoms with van der Waals surface area (Å²) in [5, 5.41) is 0.766.